The lowest BCUT2D eigenvalue weighted by Crippen LogP contribution is -2.34. The molecule has 0 radical (unpaired) electrons. The van der Waals surface area contributed by atoms with Crippen molar-refractivity contribution in [1.82, 2.24) is 5.32 Å². The number of rotatable bonds is 2. The molecular weight excluding hydrogens is 380 g/mol. The SMILES string of the molecule is Brc1ccc(C[C@@H]2CNc3ccc(Br)cc3CN2)cc1. The average Bonchev–Trinajstić information content (AvgIpc) is 2.64. The quantitative estimate of drug-likeness (QED) is 0.790. The van der Waals surface area contributed by atoms with Crippen molar-refractivity contribution >= 4 is 37.5 Å². The number of halogens is 2. The van der Waals surface area contributed by atoms with Crippen molar-refractivity contribution in [3.05, 3.63) is 62.5 Å². The third kappa shape index (κ3) is 3.43. The summed E-state index contributed by atoms with van der Waals surface area (Å²) in [5, 5.41) is 7.17. The first-order valence-electron chi connectivity index (χ1n) is 6.71. The van der Waals surface area contributed by atoms with Crippen molar-refractivity contribution in [1.29, 1.82) is 0 Å². The van der Waals surface area contributed by atoms with Gasteiger partial charge in [-0.2, -0.15) is 0 Å². The molecule has 0 fully saturated rings. The standard InChI is InChI=1S/C16H16Br2N2/c17-13-3-1-11(2-4-13)7-15-10-20-16-6-5-14(18)8-12(16)9-19-15/h1-6,8,15,19-20H,7,9-10H2/t15-/m1/s1. The molecule has 0 saturated carbocycles. The van der Waals surface area contributed by atoms with Crippen LogP contribution in [0.1, 0.15) is 11.1 Å². The Hall–Kier alpha value is -0.840. The maximum absolute atomic E-state index is 3.63. The van der Waals surface area contributed by atoms with Crippen LogP contribution in [0, 0.1) is 0 Å². The van der Waals surface area contributed by atoms with E-state index in [0.717, 1.165) is 28.5 Å². The fourth-order valence-corrected chi connectivity index (χ4v) is 3.16. The molecule has 1 heterocycles. The summed E-state index contributed by atoms with van der Waals surface area (Å²) in [4.78, 5) is 0. The van der Waals surface area contributed by atoms with E-state index in [-0.39, 0.29) is 0 Å². The summed E-state index contributed by atoms with van der Waals surface area (Å²) in [5.41, 5.74) is 3.91. The topological polar surface area (TPSA) is 24.1 Å². The predicted molar refractivity (Wildman–Crippen MR) is 91.1 cm³/mol. The Morgan fingerprint density at radius 2 is 1.75 bits per heavy atom. The highest BCUT2D eigenvalue weighted by atomic mass is 79.9. The zero-order valence-electron chi connectivity index (χ0n) is 11.0. The monoisotopic (exact) mass is 394 g/mol. The highest BCUT2D eigenvalue weighted by Gasteiger charge is 2.15. The molecule has 2 aromatic carbocycles. The van der Waals surface area contributed by atoms with Crippen LogP contribution in [0.15, 0.2) is 51.4 Å². The van der Waals surface area contributed by atoms with Crippen LogP contribution in [0.25, 0.3) is 0 Å². The molecule has 3 rings (SSSR count). The maximum atomic E-state index is 3.63. The van der Waals surface area contributed by atoms with Crippen molar-refractivity contribution in [3.63, 3.8) is 0 Å². The van der Waals surface area contributed by atoms with Crippen molar-refractivity contribution in [2.24, 2.45) is 0 Å². The fourth-order valence-electron chi connectivity index (χ4n) is 2.49. The molecule has 0 unspecified atom stereocenters. The fraction of sp³-hybridized carbons (Fsp3) is 0.250. The lowest BCUT2D eigenvalue weighted by molar-refractivity contribution is 0.537. The number of anilines is 1. The highest BCUT2D eigenvalue weighted by molar-refractivity contribution is 9.10. The molecule has 0 bridgehead atoms. The van der Waals surface area contributed by atoms with Gasteiger partial charge < -0.3 is 10.6 Å². The molecule has 0 spiro atoms. The third-order valence-corrected chi connectivity index (χ3v) is 4.60. The summed E-state index contributed by atoms with van der Waals surface area (Å²) < 4.78 is 2.26. The summed E-state index contributed by atoms with van der Waals surface area (Å²) in [6.45, 7) is 1.85. The molecular formula is C16H16Br2N2. The molecule has 1 aliphatic heterocycles. The van der Waals surface area contributed by atoms with Crippen LogP contribution in [0.2, 0.25) is 0 Å². The van der Waals surface area contributed by atoms with E-state index in [0.29, 0.717) is 6.04 Å². The first-order chi connectivity index (χ1) is 9.70. The molecule has 2 nitrogen and oxygen atoms in total. The lowest BCUT2D eigenvalue weighted by atomic mass is 10.1. The zero-order valence-corrected chi connectivity index (χ0v) is 14.2. The summed E-state index contributed by atoms with van der Waals surface area (Å²) in [7, 11) is 0. The van der Waals surface area contributed by atoms with Crippen LogP contribution in [-0.4, -0.2) is 12.6 Å². The molecule has 1 aliphatic rings. The van der Waals surface area contributed by atoms with Gasteiger partial charge in [-0.25, -0.2) is 0 Å². The Bertz CT molecular complexity index is 596. The molecule has 104 valence electrons. The van der Waals surface area contributed by atoms with Gasteiger partial charge in [0.25, 0.3) is 0 Å². The summed E-state index contributed by atoms with van der Waals surface area (Å²) >= 11 is 7.01. The summed E-state index contributed by atoms with van der Waals surface area (Å²) in [6.07, 6.45) is 1.04. The Labute approximate surface area is 136 Å². The van der Waals surface area contributed by atoms with Crippen LogP contribution in [0.5, 0.6) is 0 Å². The first kappa shape index (κ1) is 14.1. The highest BCUT2D eigenvalue weighted by Crippen LogP contribution is 2.23. The van der Waals surface area contributed by atoms with Crippen LogP contribution in [-0.2, 0) is 13.0 Å². The van der Waals surface area contributed by atoms with Crippen LogP contribution in [0.4, 0.5) is 5.69 Å². The largest absolute Gasteiger partial charge is 0.383 e. The van der Waals surface area contributed by atoms with Gasteiger partial charge in [-0.1, -0.05) is 44.0 Å². The van der Waals surface area contributed by atoms with Crippen LogP contribution < -0.4 is 10.6 Å². The van der Waals surface area contributed by atoms with E-state index in [4.69, 9.17) is 0 Å². The normalized spacial score (nSPS) is 18.0. The number of fused-ring (bicyclic) bond motifs is 1. The summed E-state index contributed by atoms with van der Waals surface area (Å²) in [6, 6.07) is 15.4. The van der Waals surface area contributed by atoms with E-state index in [9.17, 15) is 0 Å². The molecule has 1 atom stereocenters. The minimum atomic E-state index is 0.447. The Morgan fingerprint density at radius 1 is 1.00 bits per heavy atom. The van der Waals surface area contributed by atoms with E-state index < -0.39 is 0 Å². The Morgan fingerprint density at radius 3 is 2.55 bits per heavy atom. The second-order valence-electron chi connectivity index (χ2n) is 5.09. The van der Waals surface area contributed by atoms with Gasteiger partial charge in [0.05, 0.1) is 0 Å². The van der Waals surface area contributed by atoms with Gasteiger partial charge in [-0.3, -0.25) is 0 Å². The Kier molecular flexibility index (Phi) is 4.44. The minimum Gasteiger partial charge on any atom is -0.383 e. The second kappa shape index (κ2) is 6.29. The number of hydrogen-bond donors (Lipinski definition) is 2. The molecule has 0 amide bonds. The minimum absolute atomic E-state index is 0.447. The smallest absolute Gasteiger partial charge is 0.0387 e. The maximum Gasteiger partial charge on any atom is 0.0387 e. The number of nitrogens with one attached hydrogen (secondary N) is 2. The molecule has 2 N–H and O–H groups in total. The number of benzene rings is 2. The van der Waals surface area contributed by atoms with Gasteiger partial charge >= 0.3 is 0 Å². The zero-order chi connectivity index (χ0) is 13.9. The molecule has 2 aromatic rings. The van der Waals surface area contributed by atoms with Gasteiger partial charge in [0.2, 0.25) is 0 Å². The first-order valence-corrected chi connectivity index (χ1v) is 8.29. The van der Waals surface area contributed by atoms with Crippen molar-refractivity contribution in [2.75, 3.05) is 11.9 Å². The molecule has 0 saturated heterocycles. The van der Waals surface area contributed by atoms with Crippen molar-refractivity contribution < 1.29 is 0 Å². The van der Waals surface area contributed by atoms with E-state index >= 15 is 0 Å². The van der Waals surface area contributed by atoms with Crippen LogP contribution in [0.3, 0.4) is 0 Å². The van der Waals surface area contributed by atoms with Gasteiger partial charge in [-0.15, -0.1) is 0 Å². The van der Waals surface area contributed by atoms with Gasteiger partial charge in [-0.05, 0) is 47.9 Å². The second-order valence-corrected chi connectivity index (χ2v) is 6.92. The third-order valence-electron chi connectivity index (χ3n) is 3.58. The summed E-state index contributed by atoms with van der Waals surface area (Å²) in [5.74, 6) is 0. The molecule has 0 aromatic heterocycles. The average molecular weight is 396 g/mol. The van der Waals surface area contributed by atoms with Crippen molar-refractivity contribution in [3.8, 4) is 0 Å². The van der Waals surface area contributed by atoms with Crippen LogP contribution >= 0.6 is 31.9 Å². The van der Waals surface area contributed by atoms with Gasteiger partial charge in [0.1, 0.15) is 0 Å². The molecule has 0 aliphatic carbocycles. The van der Waals surface area contributed by atoms with Crippen molar-refractivity contribution in [2.45, 2.75) is 19.0 Å². The Balaban J connectivity index is 1.68. The van der Waals surface area contributed by atoms with E-state index in [1.165, 1.54) is 16.8 Å². The van der Waals surface area contributed by atoms with E-state index in [1.54, 1.807) is 0 Å². The number of hydrogen-bond acceptors (Lipinski definition) is 2. The van der Waals surface area contributed by atoms with E-state index in [1.807, 2.05) is 0 Å². The van der Waals surface area contributed by atoms with Gasteiger partial charge in [0, 0.05) is 33.8 Å². The van der Waals surface area contributed by atoms with Gasteiger partial charge in [0.15, 0.2) is 0 Å². The predicted octanol–water partition coefficient (Wildman–Crippen LogP) is 4.34. The molecule has 4 heteroatoms. The lowest BCUT2D eigenvalue weighted by Gasteiger charge is -2.16. The van der Waals surface area contributed by atoms with E-state index in [2.05, 4.69) is 85.0 Å². The molecule has 20 heavy (non-hydrogen) atoms.